The van der Waals surface area contributed by atoms with Crippen molar-refractivity contribution in [3.05, 3.63) is 0 Å². The van der Waals surface area contributed by atoms with Crippen molar-refractivity contribution in [1.82, 2.24) is 4.90 Å². The zero-order valence-electron chi connectivity index (χ0n) is 8.99. The first kappa shape index (κ1) is 11.5. The van der Waals surface area contributed by atoms with Crippen LogP contribution in [-0.4, -0.2) is 51.3 Å². The maximum Gasteiger partial charge on any atom is 0.319 e. The molecule has 1 fully saturated rings. The molecule has 0 saturated heterocycles. The normalized spacial score (nSPS) is 15.9. The molecule has 0 aromatic carbocycles. The van der Waals surface area contributed by atoms with Gasteiger partial charge >= 0.3 is 5.97 Å². The standard InChI is InChI=1S/C10H19NO3/c1-11(7-10(12)13-2)5-6-14-8-9-3-4-9/h9H,3-8H2,1-2H3. The molecule has 82 valence electrons. The monoisotopic (exact) mass is 201 g/mol. The molecule has 1 aliphatic rings. The van der Waals surface area contributed by atoms with Gasteiger partial charge in [-0.1, -0.05) is 0 Å². The number of rotatable bonds is 7. The van der Waals surface area contributed by atoms with Crippen LogP contribution in [0.1, 0.15) is 12.8 Å². The number of esters is 1. The van der Waals surface area contributed by atoms with E-state index in [9.17, 15) is 4.79 Å². The molecule has 0 bridgehead atoms. The van der Waals surface area contributed by atoms with Gasteiger partial charge in [-0.15, -0.1) is 0 Å². The van der Waals surface area contributed by atoms with Gasteiger partial charge in [-0.25, -0.2) is 0 Å². The maximum absolute atomic E-state index is 10.9. The summed E-state index contributed by atoms with van der Waals surface area (Å²) in [6, 6.07) is 0. The predicted molar refractivity (Wildman–Crippen MR) is 53.1 cm³/mol. The van der Waals surface area contributed by atoms with Gasteiger partial charge < -0.3 is 9.47 Å². The summed E-state index contributed by atoms with van der Waals surface area (Å²) in [7, 11) is 3.29. The van der Waals surface area contributed by atoms with E-state index in [1.807, 2.05) is 11.9 Å². The van der Waals surface area contributed by atoms with E-state index < -0.39 is 0 Å². The van der Waals surface area contributed by atoms with Gasteiger partial charge in [0.2, 0.25) is 0 Å². The van der Waals surface area contributed by atoms with E-state index in [2.05, 4.69) is 4.74 Å². The number of hydrogen-bond acceptors (Lipinski definition) is 4. The van der Waals surface area contributed by atoms with Crippen molar-refractivity contribution in [2.24, 2.45) is 5.92 Å². The van der Waals surface area contributed by atoms with Gasteiger partial charge in [-0.05, 0) is 25.8 Å². The first-order valence-corrected chi connectivity index (χ1v) is 5.05. The molecule has 0 N–H and O–H groups in total. The Labute approximate surface area is 85.2 Å². The molecule has 1 aliphatic carbocycles. The minimum atomic E-state index is -0.199. The summed E-state index contributed by atoms with van der Waals surface area (Å²) in [6.07, 6.45) is 2.63. The SMILES string of the molecule is COC(=O)CN(C)CCOCC1CC1. The second kappa shape index (κ2) is 5.98. The van der Waals surface area contributed by atoms with Crippen LogP contribution in [0.5, 0.6) is 0 Å². The van der Waals surface area contributed by atoms with E-state index in [0.717, 1.165) is 19.1 Å². The number of likely N-dealkylation sites (N-methyl/N-ethyl adjacent to an activating group) is 1. The van der Waals surface area contributed by atoms with Crippen molar-refractivity contribution < 1.29 is 14.3 Å². The van der Waals surface area contributed by atoms with Crippen LogP contribution in [0.15, 0.2) is 0 Å². The van der Waals surface area contributed by atoms with Gasteiger partial charge in [0.25, 0.3) is 0 Å². The van der Waals surface area contributed by atoms with E-state index in [0.29, 0.717) is 13.2 Å². The topological polar surface area (TPSA) is 38.8 Å². The fourth-order valence-corrected chi connectivity index (χ4v) is 1.12. The lowest BCUT2D eigenvalue weighted by molar-refractivity contribution is -0.141. The Balaban J connectivity index is 1.90. The van der Waals surface area contributed by atoms with Crippen LogP contribution in [0.4, 0.5) is 0 Å². The number of ether oxygens (including phenoxy) is 2. The highest BCUT2D eigenvalue weighted by Crippen LogP contribution is 2.28. The molecule has 0 spiro atoms. The Morgan fingerprint density at radius 2 is 2.21 bits per heavy atom. The third-order valence-electron chi connectivity index (χ3n) is 2.29. The van der Waals surface area contributed by atoms with Crippen LogP contribution >= 0.6 is 0 Å². The van der Waals surface area contributed by atoms with E-state index in [1.54, 1.807) is 0 Å². The quantitative estimate of drug-likeness (QED) is 0.444. The number of carbonyl (C=O) groups excluding carboxylic acids is 1. The number of hydrogen-bond donors (Lipinski definition) is 0. The second-order valence-electron chi connectivity index (χ2n) is 3.83. The van der Waals surface area contributed by atoms with Gasteiger partial charge in [0.05, 0.1) is 20.3 Å². The molecule has 4 heteroatoms. The summed E-state index contributed by atoms with van der Waals surface area (Å²) in [5, 5.41) is 0. The van der Waals surface area contributed by atoms with Crippen LogP contribution in [0, 0.1) is 5.92 Å². The van der Waals surface area contributed by atoms with E-state index in [4.69, 9.17) is 4.74 Å². The molecule has 0 aliphatic heterocycles. The highest BCUT2D eigenvalue weighted by Gasteiger charge is 2.20. The van der Waals surface area contributed by atoms with Gasteiger partial charge in [0.1, 0.15) is 0 Å². The third kappa shape index (κ3) is 5.19. The second-order valence-corrected chi connectivity index (χ2v) is 3.83. The highest BCUT2D eigenvalue weighted by atomic mass is 16.5. The molecule has 0 aromatic heterocycles. The number of carbonyl (C=O) groups is 1. The largest absolute Gasteiger partial charge is 0.468 e. The van der Waals surface area contributed by atoms with E-state index >= 15 is 0 Å². The van der Waals surface area contributed by atoms with Crippen molar-refractivity contribution in [2.45, 2.75) is 12.8 Å². The average Bonchev–Trinajstić information content (AvgIpc) is 2.96. The van der Waals surface area contributed by atoms with Crippen LogP contribution in [0.25, 0.3) is 0 Å². The Bertz CT molecular complexity index is 180. The lowest BCUT2D eigenvalue weighted by Gasteiger charge is -2.14. The molecule has 0 unspecified atom stereocenters. The predicted octanol–water partition coefficient (Wildman–Crippen LogP) is 0.518. The molecule has 4 nitrogen and oxygen atoms in total. The molecule has 0 heterocycles. The molecule has 1 rings (SSSR count). The molecular formula is C10H19NO3. The van der Waals surface area contributed by atoms with Crippen LogP contribution in [0.2, 0.25) is 0 Å². The van der Waals surface area contributed by atoms with Gasteiger partial charge in [-0.3, -0.25) is 9.69 Å². The lowest BCUT2D eigenvalue weighted by Crippen LogP contribution is -2.30. The third-order valence-corrected chi connectivity index (χ3v) is 2.29. The molecular weight excluding hydrogens is 182 g/mol. The van der Waals surface area contributed by atoms with Crippen molar-refractivity contribution in [3.63, 3.8) is 0 Å². The highest BCUT2D eigenvalue weighted by molar-refractivity contribution is 5.71. The minimum Gasteiger partial charge on any atom is -0.468 e. The van der Waals surface area contributed by atoms with E-state index in [1.165, 1.54) is 20.0 Å². The fraction of sp³-hybridized carbons (Fsp3) is 0.900. The summed E-state index contributed by atoms with van der Waals surface area (Å²) in [4.78, 5) is 12.8. The Kier molecular flexibility index (Phi) is 4.90. The van der Waals surface area contributed by atoms with Gasteiger partial charge in [-0.2, -0.15) is 0 Å². The zero-order chi connectivity index (χ0) is 10.4. The molecule has 0 amide bonds. The van der Waals surface area contributed by atoms with Crippen LogP contribution < -0.4 is 0 Å². The molecule has 0 radical (unpaired) electrons. The van der Waals surface area contributed by atoms with E-state index in [-0.39, 0.29) is 5.97 Å². The number of nitrogens with zero attached hydrogens (tertiary/aromatic N) is 1. The van der Waals surface area contributed by atoms with Crippen molar-refractivity contribution in [2.75, 3.05) is 40.5 Å². The van der Waals surface area contributed by atoms with Gasteiger partial charge in [0, 0.05) is 13.2 Å². The van der Waals surface area contributed by atoms with Gasteiger partial charge in [0.15, 0.2) is 0 Å². The van der Waals surface area contributed by atoms with Crippen LogP contribution in [-0.2, 0) is 14.3 Å². The molecule has 1 saturated carbocycles. The van der Waals surface area contributed by atoms with Crippen molar-refractivity contribution in [3.8, 4) is 0 Å². The summed E-state index contributed by atoms with van der Waals surface area (Å²) in [5.74, 6) is 0.607. The molecule has 14 heavy (non-hydrogen) atoms. The molecule has 0 atom stereocenters. The lowest BCUT2D eigenvalue weighted by atomic mass is 10.5. The molecule has 0 aromatic rings. The summed E-state index contributed by atoms with van der Waals surface area (Å²) in [5.41, 5.74) is 0. The Morgan fingerprint density at radius 1 is 1.50 bits per heavy atom. The smallest absolute Gasteiger partial charge is 0.319 e. The van der Waals surface area contributed by atoms with Crippen molar-refractivity contribution in [1.29, 1.82) is 0 Å². The average molecular weight is 201 g/mol. The van der Waals surface area contributed by atoms with Crippen LogP contribution in [0.3, 0.4) is 0 Å². The maximum atomic E-state index is 10.9. The minimum absolute atomic E-state index is 0.199. The van der Waals surface area contributed by atoms with Crippen molar-refractivity contribution >= 4 is 5.97 Å². The zero-order valence-corrected chi connectivity index (χ0v) is 8.99. The first-order valence-electron chi connectivity index (χ1n) is 5.05. The number of methoxy groups -OCH3 is 1. The Hall–Kier alpha value is -0.610. The summed E-state index contributed by atoms with van der Waals surface area (Å²) in [6.45, 7) is 2.70. The summed E-state index contributed by atoms with van der Waals surface area (Å²) >= 11 is 0. The Morgan fingerprint density at radius 3 is 2.79 bits per heavy atom. The fourth-order valence-electron chi connectivity index (χ4n) is 1.12. The first-order chi connectivity index (χ1) is 6.72. The summed E-state index contributed by atoms with van der Waals surface area (Å²) < 4.78 is 10.0.